The van der Waals surface area contributed by atoms with Crippen molar-refractivity contribution in [1.29, 1.82) is 0 Å². The van der Waals surface area contributed by atoms with Crippen LogP contribution in [0.25, 0.3) is 0 Å². The number of benzene rings is 1. The topological polar surface area (TPSA) is 71.1 Å². The number of hydrogen-bond acceptors (Lipinski definition) is 4. The van der Waals surface area contributed by atoms with Gasteiger partial charge in [0.05, 0.1) is 0 Å². The molecular formula is C20H27N3O4. The second-order valence-electron chi connectivity index (χ2n) is 7.44. The van der Waals surface area contributed by atoms with Crippen LogP contribution in [0.4, 0.5) is 10.5 Å². The summed E-state index contributed by atoms with van der Waals surface area (Å²) in [5.41, 5.74) is 0.774. The Bertz CT molecular complexity index is 700. The van der Waals surface area contributed by atoms with E-state index in [1.165, 1.54) is 25.7 Å². The molecule has 0 unspecified atom stereocenters. The second-order valence-corrected chi connectivity index (χ2v) is 7.44. The summed E-state index contributed by atoms with van der Waals surface area (Å²) in [6.07, 6.45) is 6.94. The van der Waals surface area contributed by atoms with Gasteiger partial charge < -0.3 is 19.7 Å². The zero-order valence-corrected chi connectivity index (χ0v) is 15.6. The van der Waals surface area contributed by atoms with Crippen molar-refractivity contribution in [3.8, 4) is 11.5 Å². The Balaban J connectivity index is 1.35. The summed E-state index contributed by atoms with van der Waals surface area (Å²) < 4.78 is 11.1. The van der Waals surface area contributed by atoms with Gasteiger partial charge in [0.25, 0.3) is 0 Å². The van der Waals surface area contributed by atoms with E-state index in [1.807, 2.05) is 18.2 Å². The first-order chi connectivity index (χ1) is 13.2. The minimum absolute atomic E-state index is 0.0562. The first-order valence-corrected chi connectivity index (χ1v) is 9.96. The maximum Gasteiger partial charge on any atom is 0.325 e. The summed E-state index contributed by atoms with van der Waals surface area (Å²) in [6.45, 7) is 2.29. The molecule has 2 fully saturated rings. The first kappa shape index (κ1) is 17.9. The Labute approximate surface area is 159 Å². The van der Waals surface area contributed by atoms with Crippen molar-refractivity contribution in [2.75, 3.05) is 37.7 Å². The number of carbonyl (C=O) groups excluding carboxylic acids is 2. The van der Waals surface area contributed by atoms with Crippen molar-refractivity contribution >= 4 is 17.6 Å². The summed E-state index contributed by atoms with van der Waals surface area (Å²) in [7, 11) is 0. The molecule has 2 aliphatic heterocycles. The van der Waals surface area contributed by atoms with Gasteiger partial charge in [0.2, 0.25) is 5.91 Å². The van der Waals surface area contributed by atoms with E-state index in [0.717, 1.165) is 18.5 Å². The largest absolute Gasteiger partial charge is 0.486 e. The third-order valence-corrected chi connectivity index (χ3v) is 5.49. The number of amides is 3. The first-order valence-electron chi connectivity index (χ1n) is 9.96. The number of rotatable bonds is 4. The Kier molecular flexibility index (Phi) is 5.36. The minimum atomic E-state index is -0.136. The zero-order valence-electron chi connectivity index (χ0n) is 15.6. The number of urea groups is 1. The molecule has 1 saturated carbocycles. The fraction of sp³-hybridized carbons (Fsp3) is 0.600. The van der Waals surface area contributed by atoms with Crippen LogP contribution in [0.15, 0.2) is 18.2 Å². The highest BCUT2D eigenvalue weighted by atomic mass is 16.6. The summed E-state index contributed by atoms with van der Waals surface area (Å²) in [6, 6.07) is 5.65. The van der Waals surface area contributed by atoms with E-state index in [2.05, 4.69) is 5.32 Å². The monoisotopic (exact) mass is 373 g/mol. The highest BCUT2D eigenvalue weighted by Crippen LogP contribution is 2.35. The number of fused-ring (bicyclic) bond motifs is 1. The van der Waals surface area contributed by atoms with E-state index >= 15 is 0 Å². The average Bonchev–Trinajstić information content (AvgIpc) is 2.87. The van der Waals surface area contributed by atoms with Gasteiger partial charge in [-0.3, -0.25) is 9.69 Å². The van der Waals surface area contributed by atoms with Gasteiger partial charge in [-0.15, -0.1) is 0 Å². The van der Waals surface area contributed by atoms with Gasteiger partial charge in [-0.2, -0.15) is 0 Å². The third-order valence-electron chi connectivity index (χ3n) is 5.49. The summed E-state index contributed by atoms with van der Waals surface area (Å²) in [4.78, 5) is 28.5. The van der Waals surface area contributed by atoms with Gasteiger partial charge >= 0.3 is 6.03 Å². The number of nitrogens with one attached hydrogen (secondary N) is 1. The zero-order chi connectivity index (χ0) is 18.6. The van der Waals surface area contributed by atoms with Gasteiger partial charge in [-0.1, -0.05) is 25.7 Å². The van der Waals surface area contributed by atoms with Crippen molar-refractivity contribution < 1.29 is 19.1 Å². The number of hydrogen-bond donors (Lipinski definition) is 1. The third kappa shape index (κ3) is 4.12. The van der Waals surface area contributed by atoms with Gasteiger partial charge in [0.15, 0.2) is 11.5 Å². The molecule has 0 radical (unpaired) electrons. The number of nitrogens with zero attached hydrogens (tertiary/aromatic N) is 2. The fourth-order valence-electron chi connectivity index (χ4n) is 4.04. The maximum absolute atomic E-state index is 12.8. The molecule has 1 aromatic carbocycles. The SMILES string of the molecule is O=C(CN1CCN(c2ccc3c(c2)OCCO3)C1=O)NC1CCCCCC1. The Hall–Kier alpha value is -2.44. The average molecular weight is 373 g/mol. The molecule has 0 aromatic heterocycles. The van der Waals surface area contributed by atoms with Crippen LogP contribution in [0.5, 0.6) is 11.5 Å². The minimum Gasteiger partial charge on any atom is -0.486 e. The summed E-state index contributed by atoms with van der Waals surface area (Å²) in [5, 5.41) is 3.11. The molecule has 1 aliphatic carbocycles. The smallest absolute Gasteiger partial charge is 0.325 e. The lowest BCUT2D eigenvalue weighted by Crippen LogP contribution is -2.43. The molecule has 146 valence electrons. The van der Waals surface area contributed by atoms with E-state index in [4.69, 9.17) is 9.47 Å². The molecule has 3 amide bonds. The van der Waals surface area contributed by atoms with Crippen molar-refractivity contribution in [2.24, 2.45) is 0 Å². The summed E-state index contributed by atoms with van der Waals surface area (Å²) >= 11 is 0. The van der Waals surface area contributed by atoms with Crippen molar-refractivity contribution in [2.45, 2.75) is 44.6 Å². The van der Waals surface area contributed by atoms with Crippen LogP contribution in [0, 0.1) is 0 Å². The van der Waals surface area contributed by atoms with Crippen LogP contribution >= 0.6 is 0 Å². The Morgan fingerprint density at radius 2 is 1.78 bits per heavy atom. The molecule has 7 nitrogen and oxygen atoms in total. The van der Waals surface area contributed by atoms with Crippen molar-refractivity contribution in [1.82, 2.24) is 10.2 Å². The maximum atomic E-state index is 12.8. The lowest BCUT2D eigenvalue weighted by molar-refractivity contribution is -0.122. The second kappa shape index (κ2) is 8.06. The van der Waals surface area contributed by atoms with Crippen molar-refractivity contribution in [3.63, 3.8) is 0 Å². The molecular weight excluding hydrogens is 346 g/mol. The van der Waals surface area contributed by atoms with E-state index in [9.17, 15) is 9.59 Å². The van der Waals surface area contributed by atoms with Gasteiger partial charge in [0, 0.05) is 30.9 Å². The molecule has 7 heteroatoms. The standard InChI is InChI=1S/C20H27N3O4/c24-19(21-15-5-3-1-2-4-6-15)14-22-9-10-23(20(22)25)16-7-8-17-18(13-16)27-12-11-26-17/h7-8,13,15H,1-6,9-12,14H2,(H,21,24). The molecule has 1 saturated heterocycles. The van der Waals surface area contributed by atoms with Crippen LogP contribution in [-0.2, 0) is 4.79 Å². The van der Waals surface area contributed by atoms with E-state index in [0.29, 0.717) is 37.8 Å². The lowest BCUT2D eigenvalue weighted by Gasteiger charge is -2.23. The quantitative estimate of drug-likeness (QED) is 0.824. The lowest BCUT2D eigenvalue weighted by atomic mass is 10.1. The molecule has 2 heterocycles. The highest BCUT2D eigenvalue weighted by Gasteiger charge is 2.32. The van der Waals surface area contributed by atoms with Crippen molar-refractivity contribution in [3.05, 3.63) is 18.2 Å². The molecule has 0 bridgehead atoms. The summed E-state index contributed by atoms with van der Waals surface area (Å²) in [5.74, 6) is 1.31. The number of ether oxygens (including phenoxy) is 2. The predicted molar refractivity (Wildman–Crippen MR) is 101 cm³/mol. The fourth-order valence-corrected chi connectivity index (χ4v) is 4.04. The molecule has 0 atom stereocenters. The Morgan fingerprint density at radius 3 is 2.56 bits per heavy atom. The predicted octanol–water partition coefficient (Wildman–Crippen LogP) is 2.54. The van der Waals surface area contributed by atoms with Crippen LogP contribution in [0.2, 0.25) is 0 Å². The van der Waals surface area contributed by atoms with Gasteiger partial charge in [-0.05, 0) is 25.0 Å². The Morgan fingerprint density at radius 1 is 1.04 bits per heavy atom. The molecule has 3 aliphatic rings. The number of carbonyl (C=O) groups is 2. The molecule has 1 aromatic rings. The van der Waals surface area contributed by atoms with Crippen LogP contribution < -0.4 is 19.7 Å². The van der Waals surface area contributed by atoms with Gasteiger partial charge in [0.1, 0.15) is 19.8 Å². The molecule has 27 heavy (non-hydrogen) atoms. The van der Waals surface area contributed by atoms with Crippen LogP contribution in [0.1, 0.15) is 38.5 Å². The van der Waals surface area contributed by atoms with E-state index in [-0.39, 0.29) is 24.5 Å². The molecule has 0 spiro atoms. The molecule has 4 rings (SSSR count). The molecule has 1 N–H and O–H groups in total. The van der Waals surface area contributed by atoms with Crippen LogP contribution in [-0.4, -0.2) is 55.7 Å². The van der Waals surface area contributed by atoms with E-state index in [1.54, 1.807) is 9.80 Å². The number of anilines is 1. The highest BCUT2D eigenvalue weighted by molar-refractivity contribution is 5.96. The van der Waals surface area contributed by atoms with Gasteiger partial charge in [-0.25, -0.2) is 4.79 Å². The van der Waals surface area contributed by atoms with Crippen LogP contribution in [0.3, 0.4) is 0 Å². The van der Waals surface area contributed by atoms with E-state index < -0.39 is 0 Å². The normalized spacial score (nSPS) is 20.5.